The maximum Gasteiger partial charge on any atom is 0.262 e. The van der Waals surface area contributed by atoms with Crippen LogP contribution in [-0.4, -0.2) is 11.9 Å². The van der Waals surface area contributed by atoms with Gasteiger partial charge in [0.1, 0.15) is 11.6 Å². The molecule has 1 N–H and O–H groups in total. The van der Waals surface area contributed by atoms with Crippen LogP contribution in [0.2, 0.25) is 0 Å². The average Bonchev–Trinajstić information content (AvgIpc) is 2.79. The molecule has 19 heavy (non-hydrogen) atoms. The predicted molar refractivity (Wildman–Crippen MR) is 77.5 cm³/mol. The molecule has 3 nitrogen and oxygen atoms in total. The minimum Gasteiger partial charge on any atom is -0.349 e. The Balaban J connectivity index is 1.99. The molecule has 0 saturated heterocycles. The third-order valence-corrected chi connectivity index (χ3v) is 4.20. The molecule has 0 bridgehead atoms. The second-order valence-electron chi connectivity index (χ2n) is 4.85. The number of hydrogen-bond donors (Lipinski definition) is 1. The zero-order chi connectivity index (χ0) is 13.5. The summed E-state index contributed by atoms with van der Waals surface area (Å²) in [6, 6.07) is 6.05. The van der Waals surface area contributed by atoms with Gasteiger partial charge in [-0.2, -0.15) is 5.26 Å². The van der Waals surface area contributed by atoms with E-state index in [1.54, 1.807) is 6.08 Å². The topological polar surface area (TPSA) is 52.9 Å². The summed E-state index contributed by atoms with van der Waals surface area (Å²) in [7, 11) is 0. The summed E-state index contributed by atoms with van der Waals surface area (Å²) in [6.07, 6.45) is 8.57. The quantitative estimate of drug-likeness (QED) is 0.521. The Morgan fingerprint density at radius 1 is 1.37 bits per heavy atom. The lowest BCUT2D eigenvalue weighted by Gasteiger charge is -2.15. The predicted octanol–water partition coefficient (Wildman–Crippen LogP) is 3.49. The van der Waals surface area contributed by atoms with Crippen molar-refractivity contribution in [2.24, 2.45) is 0 Å². The average molecular weight is 274 g/mol. The van der Waals surface area contributed by atoms with E-state index in [0.29, 0.717) is 0 Å². The molecule has 0 atom stereocenters. The van der Waals surface area contributed by atoms with Crippen LogP contribution >= 0.6 is 11.3 Å². The van der Waals surface area contributed by atoms with Crippen LogP contribution in [0, 0.1) is 11.3 Å². The number of hydrogen-bond acceptors (Lipinski definition) is 3. The lowest BCUT2D eigenvalue weighted by Crippen LogP contribution is -2.35. The van der Waals surface area contributed by atoms with Crippen LogP contribution in [-0.2, 0) is 4.79 Å². The second-order valence-corrected chi connectivity index (χ2v) is 5.83. The van der Waals surface area contributed by atoms with Crippen molar-refractivity contribution >= 4 is 23.3 Å². The lowest BCUT2D eigenvalue weighted by molar-refractivity contribution is -0.117. The molecule has 0 aromatic carbocycles. The number of carbonyl (C=O) groups is 1. The Bertz CT molecular complexity index is 477. The molecule has 1 aliphatic carbocycles. The Morgan fingerprint density at radius 3 is 2.68 bits per heavy atom. The molecule has 0 spiro atoms. The largest absolute Gasteiger partial charge is 0.349 e. The van der Waals surface area contributed by atoms with E-state index in [4.69, 9.17) is 5.26 Å². The van der Waals surface area contributed by atoms with E-state index in [1.807, 2.05) is 23.6 Å². The molecule has 1 aromatic rings. The summed E-state index contributed by atoms with van der Waals surface area (Å²) in [5, 5.41) is 14.0. The van der Waals surface area contributed by atoms with Gasteiger partial charge in [0.05, 0.1) is 0 Å². The molecule has 0 unspecified atom stereocenters. The molecule has 1 saturated carbocycles. The van der Waals surface area contributed by atoms with Gasteiger partial charge in [0.25, 0.3) is 5.91 Å². The molecule has 1 amide bonds. The molecule has 1 aromatic heterocycles. The number of nitrogens with one attached hydrogen (secondary N) is 1. The van der Waals surface area contributed by atoms with Crippen molar-refractivity contribution in [1.29, 1.82) is 5.26 Å². The van der Waals surface area contributed by atoms with Crippen molar-refractivity contribution < 1.29 is 4.79 Å². The van der Waals surface area contributed by atoms with E-state index in [9.17, 15) is 4.79 Å². The van der Waals surface area contributed by atoms with Gasteiger partial charge < -0.3 is 5.32 Å². The van der Waals surface area contributed by atoms with Gasteiger partial charge in [0.15, 0.2) is 0 Å². The summed E-state index contributed by atoms with van der Waals surface area (Å²) in [5.74, 6) is -0.234. The summed E-state index contributed by atoms with van der Waals surface area (Å²) in [5.41, 5.74) is 0.201. The van der Waals surface area contributed by atoms with Gasteiger partial charge in [-0.25, -0.2) is 0 Å². The summed E-state index contributed by atoms with van der Waals surface area (Å²) >= 11 is 1.53. The zero-order valence-corrected chi connectivity index (χ0v) is 11.7. The first kappa shape index (κ1) is 13.8. The van der Waals surface area contributed by atoms with E-state index < -0.39 is 0 Å². The maximum atomic E-state index is 12.1. The molecular formula is C15H18N2OS. The van der Waals surface area contributed by atoms with Gasteiger partial charge in [-0.1, -0.05) is 31.7 Å². The van der Waals surface area contributed by atoms with Crippen LogP contribution in [0.5, 0.6) is 0 Å². The molecule has 1 fully saturated rings. The SMILES string of the molecule is N#CC(=Cc1cccs1)C(=O)NC1CCCCCC1. The minimum absolute atomic E-state index is 0.201. The van der Waals surface area contributed by atoms with Gasteiger partial charge in [-0.05, 0) is 30.4 Å². The molecule has 100 valence electrons. The monoisotopic (exact) mass is 274 g/mol. The van der Waals surface area contributed by atoms with Gasteiger partial charge in [-0.15, -0.1) is 11.3 Å². The molecule has 0 aliphatic heterocycles. The van der Waals surface area contributed by atoms with Crippen LogP contribution in [0.3, 0.4) is 0 Å². The third kappa shape index (κ3) is 4.22. The van der Waals surface area contributed by atoms with Crippen LogP contribution in [0.1, 0.15) is 43.4 Å². The van der Waals surface area contributed by atoms with E-state index in [0.717, 1.165) is 17.7 Å². The number of nitrogens with zero attached hydrogens (tertiary/aromatic N) is 1. The zero-order valence-electron chi connectivity index (χ0n) is 10.9. The first-order chi connectivity index (χ1) is 9.29. The highest BCUT2D eigenvalue weighted by Gasteiger charge is 2.17. The van der Waals surface area contributed by atoms with Gasteiger partial charge >= 0.3 is 0 Å². The fourth-order valence-corrected chi connectivity index (χ4v) is 3.01. The fraction of sp³-hybridized carbons (Fsp3) is 0.467. The standard InChI is InChI=1S/C15H18N2OS/c16-11-12(10-14-8-5-9-19-14)15(18)17-13-6-3-1-2-4-7-13/h5,8-10,13H,1-4,6-7H2,(H,17,18). The van der Waals surface area contributed by atoms with Gasteiger partial charge in [0.2, 0.25) is 0 Å². The first-order valence-corrected chi connectivity index (χ1v) is 7.64. The van der Waals surface area contributed by atoms with Crippen molar-refractivity contribution in [3.63, 3.8) is 0 Å². The number of thiophene rings is 1. The number of carbonyl (C=O) groups excluding carboxylic acids is 1. The molecule has 1 aliphatic rings. The Morgan fingerprint density at radius 2 is 2.11 bits per heavy atom. The molecular weight excluding hydrogens is 256 g/mol. The maximum absolute atomic E-state index is 12.1. The number of nitriles is 1. The van der Waals surface area contributed by atoms with Crippen LogP contribution in [0.25, 0.3) is 6.08 Å². The van der Waals surface area contributed by atoms with Crippen LogP contribution in [0.4, 0.5) is 0 Å². The molecule has 4 heteroatoms. The molecule has 0 radical (unpaired) electrons. The van der Waals surface area contributed by atoms with E-state index >= 15 is 0 Å². The first-order valence-electron chi connectivity index (χ1n) is 6.76. The second kappa shape index (κ2) is 7.10. The smallest absolute Gasteiger partial charge is 0.262 e. The third-order valence-electron chi connectivity index (χ3n) is 3.39. The number of amides is 1. The van der Waals surface area contributed by atoms with E-state index in [-0.39, 0.29) is 17.5 Å². The van der Waals surface area contributed by atoms with Crippen molar-refractivity contribution in [2.45, 2.75) is 44.6 Å². The van der Waals surface area contributed by atoms with Crippen molar-refractivity contribution in [3.05, 3.63) is 28.0 Å². The van der Waals surface area contributed by atoms with Crippen molar-refractivity contribution in [2.75, 3.05) is 0 Å². The Kier molecular flexibility index (Phi) is 5.17. The highest BCUT2D eigenvalue weighted by molar-refractivity contribution is 7.10. The summed E-state index contributed by atoms with van der Waals surface area (Å²) < 4.78 is 0. The Labute approximate surface area is 117 Å². The van der Waals surface area contributed by atoms with E-state index in [2.05, 4.69) is 5.32 Å². The van der Waals surface area contributed by atoms with Crippen LogP contribution in [0.15, 0.2) is 23.1 Å². The van der Waals surface area contributed by atoms with Crippen molar-refractivity contribution in [1.82, 2.24) is 5.32 Å². The minimum atomic E-state index is -0.234. The highest BCUT2D eigenvalue weighted by atomic mass is 32.1. The van der Waals surface area contributed by atoms with Crippen LogP contribution < -0.4 is 5.32 Å². The molecule has 2 rings (SSSR count). The summed E-state index contributed by atoms with van der Waals surface area (Å²) in [6.45, 7) is 0. The fourth-order valence-electron chi connectivity index (χ4n) is 2.35. The van der Waals surface area contributed by atoms with Crippen molar-refractivity contribution in [3.8, 4) is 6.07 Å². The lowest BCUT2D eigenvalue weighted by atomic mass is 10.1. The molecule has 1 heterocycles. The van der Waals surface area contributed by atoms with Gasteiger partial charge in [-0.3, -0.25) is 4.79 Å². The van der Waals surface area contributed by atoms with E-state index in [1.165, 1.54) is 37.0 Å². The number of rotatable bonds is 3. The normalized spacial score (nSPS) is 17.5. The highest BCUT2D eigenvalue weighted by Crippen LogP contribution is 2.18. The summed E-state index contributed by atoms with van der Waals surface area (Å²) in [4.78, 5) is 13.0. The van der Waals surface area contributed by atoms with Gasteiger partial charge in [0, 0.05) is 10.9 Å². The Hall–Kier alpha value is -1.60.